The SMILES string of the molecule is Cc1nc(N)c2c(n1)C(=O)N(C(C)C)C2=O. The number of anilines is 1. The fourth-order valence-electron chi connectivity index (χ4n) is 1.76. The van der Waals surface area contributed by atoms with E-state index in [2.05, 4.69) is 9.97 Å². The number of hydrogen-bond acceptors (Lipinski definition) is 5. The molecular formula is C10H12N4O2. The third kappa shape index (κ3) is 1.26. The molecule has 2 rings (SSSR count). The summed E-state index contributed by atoms with van der Waals surface area (Å²) in [5.41, 5.74) is 5.88. The van der Waals surface area contributed by atoms with Crippen molar-refractivity contribution in [2.45, 2.75) is 26.8 Å². The average molecular weight is 220 g/mol. The van der Waals surface area contributed by atoms with Crippen molar-refractivity contribution < 1.29 is 9.59 Å². The molecule has 0 atom stereocenters. The molecule has 84 valence electrons. The van der Waals surface area contributed by atoms with Gasteiger partial charge in [-0.05, 0) is 20.8 Å². The van der Waals surface area contributed by atoms with Crippen molar-refractivity contribution in [3.8, 4) is 0 Å². The number of imide groups is 1. The van der Waals surface area contributed by atoms with Crippen LogP contribution in [0, 0.1) is 6.92 Å². The van der Waals surface area contributed by atoms with E-state index in [-0.39, 0.29) is 23.1 Å². The molecule has 0 spiro atoms. The minimum Gasteiger partial charge on any atom is -0.383 e. The minimum absolute atomic E-state index is 0.0731. The van der Waals surface area contributed by atoms with Crippen LogP contribution in [-0.2, 0) is 0 Å². The second-order valence-electron chi connectivity index (χ2n) is 3.95. The summed E-state index contributed by atoms with van der Waals surface area (Å²) in [7, 11) is 0. The number of rotatable bonds is 1. The first-order valence-corrected chi connectivity index (χ1v) is 4.95. The summed E-state index contributed by atoms with van der Waals surface area (Å²) < 4.78 is 0. The number of aryl methyl sites for hydroxylation is 1. The number of nitrogen functional groups attached to an aromatic ring is 1. The van der Waals surface area contributed by atoms with Gasteiger partial charge in [0.1, 0.15) is 22.9 Å². The van der Waals surface area contributed by atoms with Crippen LogP contribution in [0.3, 0.4) is 0 Å². The zero-order valence-corrected chi connectivity index (χ0v) is 9.31. The average Bonchev–Trinajstić information content (AvgIpc) is 2.38. The van der Waals surface area contributed by atoms with Crippen LogP contribution >= 0.6 is 0 Å². The molecule has 0 saturated heterocycles. The van der Waals surface area contributed by atoms with E-state index in [4.69, 9.17) is 5.73 Å². The third-order valence-electron chi connectivity index (χ3n) is 2.42. The molecule has 1 aliphatic heterocycles. The lowest BCUT2D eigenvalue weighted by Crippen LogP contribution is -2.36. The Hall–Kier alpha value is -1.98. The Morgan fingerprint density at radius 2 is 1.81 bits per heavy atom. The molecular weight excluding hydrogens is 208 g/mol. The Bertz CT molecular complexity index is 496. The summed E-state index contributed by atoms with van der Waals surface area (Å²) >= 11 is 0. The summed E-state index contributed by atoms with van der Waals surface area (Å²) in [6.45, 7) is 5.16. The topological polar surface area (TPSA) is 89.2 Å². The molecule has 0 aliphatic carbocycles. The second kappa shape index (κ2) is 3.26. The maximum Gasteiger partial charge on any atom is 0.280 e. The molecule has 2 heterocycles. The van der Waals surface area contributed by atoms with Gasteiger partial charge in [0.05, 0.1) is 0 Å². The highest BCUT2D eigenvalue weighted by Gasteiger charge is 2.40. The van der Waals surface area contributed by atoms with E-state index in [9.17, 15) is 9.59 Å². The first kappa shape index (κ1) is 10.5. The number of amides is 2. The molecule has 0 unspecified atom stereocenters. The number of fused-ring (bicyclic) bond motifs is 1. The number of aromatic nitrogens is 2. The fraction of sp³-hybridized carbons (Fsp3) is 0.400. The van der Waals surface area contributed by atoms with Crippen LogP contribution < -0.4 is 5.73 Å². The Labute approximate surface area is 92.5 Å². The maximum absolute atomic E-state index is 11.9. The predicted octanol–water partition coefficient (Wildman–Crippen LogP) is 0.372. The lowest BCUT2D eigenvalue weighted by atomic mass is 10.2. The van der Waals surface area contributed by atoms with Gasteiger partial charge in [0.2, 0.25) is 0 Å². The van der Waals surface area contributed by atoms with Crippen molar-refractivity contribution in [1.29, 1.82) is 0 Å². The first-order valence-electron chi connectivity index (χ1n) is 4.95. The quantitative estimate of drug-likeness (QED) is 0.691. The normalized spacial score (nSPS) is 14.9. The van der Waals surface area contributed by atoms with Crippen LogP contribution in [0.5, 0.6) is 0 Å². The number of nitrogens with zero attached hydrogens (tertiary/aromatic N) is 3. The molecule has 1 aromatic heterocycles. The summed E-state index contributed by atoms with van der Waals surface area (Å²) in [4.78, 5) is 32.9. The Kier molecular flexibility index (Phi) is 2.15. The van der Waals surface area contributed by atoms with Crippen molar-refractivity contribution in [3.05, 3.63) is 17.1 Å². The molecule has 0 aromatic carbocycles. The zero-order chi connectivity index (χ0) is 12.0. The highest BCUT2D eigenvalue weighted by molar-refractivity contribution is 6.22. The third-order valence-corrected chi connectivity index (χ3v) is 2.42. The van der Waals surface area contributed by atoms with Crippen LogP contribution in [-0.4, -0.2) is 32.7 Å². The predicted molar refractivity (Wildman–Crippen MR) is 56.8 cm³/mol. The molecule has 1 aliphatic rings. The smallest absolute Gasteiger partial charge is 0.280 e. The van der Waals surface area contributed by atoms with E-state index in [1.807, 2.05) is 0 Å². The van der Waals surface area contributed by atoms with Crippen LogP contribution in [0.15, 0.2) is 0 Å². The number of hydrogen-bond donors (Lipinski definition) is 1. The standard InChI is InChI=1S/C10H12N4O2/c1-4(2)14-9(15)6-7(10(14)16)12-5(3)13-8(6)11/h4H,1-3H3,(H2,11,12,13). The molecule has 0 radical (unpaired) electrons. The van der Waals surface area contributed by atoms with E-state index in [1.165, 1.54) is 0 Å². The van der Waals surface area contributed by atoms with E-state index in [0.717, 1.165) is 4.90 Å². The fourth-order valence-corrected chi connectivity index (χ4v) is 1.76. The van der Waals surface area contributed by atoms with Crippen molar-refractivity contribution in [2.24, 2.45) is 0 Å². The Morgan fingerprint density at radius 1 is 1.19 bits per heavy atom. The zero-order valence-electron chi connectivity index (χ0n) is 9.31. The van der Waals surface area contributed by atoms with Gasteiger partial charge in [0.15, 0.2) is 0 Å². The molecule has 6 heteroatoms. The van der Waals surface area contributed by atoms with Gasteiger partial charge in [0.25, 0.3) is 11.8 Å². The van der Waals surface area contributed by atoms with Gasteiger partial charge < -0.3 is 5.73 Å². The van der Waals surface area contributed by atoms with Crippen molar-refractivity contribution in [3.63, 3.8) is 0 Å². The monoisotopic (exact) mass is 220 g/mol. The van der Waals surface area contributed by atoms with Crippen molar-refractivity contribution in [2.75, 3.05) is 5.73 Å². The lowest BCUT2D eigenvalue weighted by molar-refractivity contribution is 0.0607. The van der Waals surface area contributed by atoms with E-state index in [0.29, 0.717) is 5.82 Å². The van der Waals surface area contributed by atoms with Crippen molar-refractivity contribution >= 4 is 17.6 Å². The van der Waals surface area contributed by atoms with Crippen LogP contribution in [0.4, 0.5) is 5.82 Å². The molecule has 0 saturated carbocycles. The van der Waals surface area contributed by atoms with Crippen LogP contribution in [0.1, 0.15) is 40.5 Å². The Balaban J connectivity index is 2.64. The number of nitrogens with two attached hydrogens (primary N) is 1. The molecule has 2 N–H and O–H groups in total. The van der Waals surface area contributed by atoms with Gasteiger partial charge in [-0.15, -0.1) is 0 Å². The van der Waals surface area contributed by atoms with Crippen LogP contribution in [0.2, 0.25) is 0 Å². The number of carbonyl (C=O) groups excluding carboxylic acids is 2. The molecule has 16 heavy (non-hydrogen) atoms. The second-order valence-corrected chi connectivity index (χ2v) is 3.95. The van der Waals surface area contributed by atoms with Gasteiger partial charge in [0, 0.05) is 6.04 Å². The Morgan fingerprint density at radius 3 is 2.38 bits per heavy atom. The summed E-state index contributed by atoms with van der Waals surface area (Å²) in [6.07, 6.45) is 0. The van der Waals surface area contributed by atoms with Gasteiger partial charge in [-0.25, -0.2) is 9.97 Å². The highest BCUT2D eigenvalue weighted by Crippen LogP contribution is 2.26. The molecule has 0 fully saturated rings. The van der Waals surface area contributed by atoms with Crippen molar-refractivity contribution in [1.82, 2.24) is 14.9 Å². The van der Waals surface area contributed by atoms with Gasteiger partial charge in [-0.1, -0.05) is 0 Å². The summed E-state index contributed by atoms with van der Waals surface area (Å²) in [5, 5.41) is 0. The molecule has 0 bridgehead atoms. The van der Waals surface area contributed by atoms with E-state index < -0.39 is 11.8 Å². The number of carbonyl (C=O) groups is 2. The first-order chi connectivity index (χ1) is 7.43. The minimum atomic E-state index is -0.410. The van der Waals surface area contributed by atoms with Crippen LogP contribution in [0.25, 0.3) is 0 Å². The summed E-state index contributed by atoms with van der Waals surface area (Å²) in [6, 6.07) is -0.214. The molecule has 1 aromatic rings. The largest absolute Gasteiger partial charge is 0.383 e. The maximum atomic E-state index is 11.9. The van der Waals surface area contributed by atoms with Gasteiger partial charge >= 0.3 is 0 Å². The molecule has 2 amide bonds. The summed E-state index contributed by atoms with van der Waals surface area (Å²) in [5.74, 6) is -0.341. The van der Waals surface area contributed by atoms with E-state index >= 15 is 0 Å². The molecule has 6 nitrogen and oxygen atoms in total. The highest BCUT2D eigenvalue weighted by atomic mass is 16.2. The van der Waals surface area contributed by atoms with E-state index in [1.54, 1.807) is 20.8 Å². The van der Waals surface area contributed by atoms with Gasteiger partial charge in [-0.2, -0.15) is 0 Å². The lowest BCUT2D eigenvalue weighted by Gasteiger charge is -2.17. The van der Waals surface area contributed by atoms with Gasteiger partial charge in [-0.3, -0.25) is 14.5 Å².